The summed E-state index contributed by atoms with van der Waals surface area (Å²) in [5, 5.41) is 1.50. The average Bonchev–Trinajstić information content (AvgIpc) is 2.82. The van der Waals surface area contributed by atoms with Gasteiger partial charge in [-0.3, -0.25) is 29.8 Å². The van der Waals surface area contributed by atoms with E-state index in [-0.39, 0.29) is 17.4 Å². The van der Waals surface area contributed by atoms with Crippen molar-refractivity contribution in [3.05, 3.63) is 69.5 Å². The third-order valence-corrected chi connectivity index (χ3v) is 6.64. The molecule has 32 heavy (non-hydrogen) atoms. The van der Waals surface area contributed by atoms with Gasteiger partial charge >= 0.3 is 0 Å². The lowest BCUT2D eigenvalue weighted by Gasteiger charge is -2.26. The van der Waals surface area contributed by atoms with Crippen molar-refractivity contribution in [2.75, 3.05) is 5.75 Å². The van der Waals surface area contributed by atoms with Crippen LogP contribution in [0.15, 0.2) is 58.5 Å². The average molecular weight is 471 g/mol. The first-order valence-electron chi connectivity index (χ1n) is 10.5. The Kier molecular flexibility index (Phi) is 7.12. The standard InChI is InChI=1S/C23H23ClN4O3S/c24-16-11-12-18-19(13-16)25-23(28(22(18)31)17-9-5-2-6-10-17)32-14-20(29)26-27-21(30)15-7-3-1-4-8-15/h1,3-4,7-8,11-13,17H,2,5-6,9-10,14H2,(H,26,29)(H,27,30). The predicted octanol–water partition coefficient (Wildman–Crippen LogP) is 4.11. The summed E-state index contributed by atoms with van der Waals surface area (Å²) < 4.78 is 1.73. The van der Waals surface area contributed by atoms with Gasteiger partial charge in [0, 0.05) is 16.6 Å². The number of carbonyl (C=O) groups excluding carboxylic acids is 2. The van der Waals surface area contributed by atoms with E-state index in [0.717, 1.165) is 32.1 Å². The first-order chi connectivity index (χ1) is 15.5. The van der Waals surface area contributed by atoms with Crippen LogP contribution in [-0.4, -0.2) is 27.1 Å². The molecule has 1 aromatic heterocycles. The predicted molar refractivity (Wildman–Crippen MR) is 126 cm³/mol. The lowest BCUT2D eigenvalue weighted by Crippen LogP contribution is -2.42. The Bertz CT molecular complexity index is 1190. The van der Waals surface area contributed by atoms with Gasteiger partial charge in [0.1, 0.15) is 0 Å². The second-order valence-corrected chi connectivity index (χ2v) is 9.06. The number of aromatic nitrogens is 2. The molecule has 0 radical (unpaired) electrons. The second kappa shape index (κ2) is 10.2. The molecule has 4 rings (SSSR count). The fourth-order valence-corrected chi connectivity index (χ4v) is 4.90. The molecule has 2 N–H and O–H groups in total. The first kappa shape index (κ1) is 22.4. The van der Waals surface area contributed by atoms with Crippen molar-refractivity contribution in [2.45, 2.75) is 43.3 Å². The highest BCUT2D eigenvalue weighted by atomic mass is 35.5. The van der Waals surface area contributed by atoms with E-state index in [2.05, 4.69) is 15.8 Å². The summed E-state index contributed by atoms with van der Waals surface area (Å²) in [6.45, 7) is 0. The summed E-state index contributed by atoms with van der Waals surface area (Å²) in [5.74, 6) is -0.795. The van der Waals surface area contributed by atoms with Crippen LogP contribution in [0.3, 0.4) is 0 Å². The van der Waals surface area contributed by atoms with Gasteiger partial charge in [0.15, 0.2) is 5.16 Å². The topological polar surface area (TPSA) is 93.1 Å². The maximum absolute atomic E-state index is 13.3. The van der Waals surface area contributed by atoms with Crippen molar-refractivity contribution in [1.29, 1.82) is 0 Å². The molecular weight excluding hydrogens is 448 g/mol. The van der Waals surface area contributed by atoms with E-state index in [1.165, 1.54) is 11.8 Å². The molecule has 1 aliphatic carbocycles. The number of thioether (sulfide) groups is 1. The molecule has 1 saturated carbocycles. The summed E-state index contributed by atoms with van der Waals surface area (Å²) in [6.07, 6.45) is 5.10. The molecule has 0 aliphatic heterocycles. The van der Waals surface area contributed by atoms with Gasteiger partial charge < -0.3 is 0 Å². The van der Waals surface area contributed by atoms with Crippen molar-refractivity contribution >= 4 is 46.1 Å². The van der Waals surface area contributed by atoms with E-state index < -0.39 is 11.8 Å². The van der Waals surface area contributed by atoms with Crippen LogP contribution in [0.1, 0.15) is 48.5 Å². The van der Waals surface area contributed by atoms with Gasteiger partial charge in [-0.1, -0.05) is 60.8 Å². The summed E-state index contributed by atoms with van der Waals surface area (Å²) in [6, 6.07) is 13.7. The van der Waals surface area contributed by atoms with Crippen LogP contribution in [-0.2, 0) is 4.79 Å². The molecule has 3 aromatic rings. The monoisotopic (exact) mass is 470 g/mol. The number of hydrazine groups is 1. The number of hydrogen-bond donors (Lipinski definition) is 2. The minimum atomic E-state index is -0.401. The van der Waals surface area contributed by atoms with Gasteiger partial charge in [0.2, 0.25) is 5.91 Å². The van der Waals surface area contributed by atoms with Crippen LogP contribution in [0.25, 0.3) is 10.9 Å². The highest BCUT2D eigenvalue weighted by Gasteiger charge is 2.22. The van der Waals surface area contributed by atoms with Gasteiger partial charge in [0.05, 0.1) is 16.7 Å². The van der Waals surface area contributed by atoms with E-state index >= 15 is 0 Å². The van der Waals surface area contributed by atoms with Gasteiger partial charge in [0.25, 0.3) is 11.5 Å². The highest BCUT2D eigenvalue weighted by Crippen LogP contribution is 2.31. The van der Waals surface area contributed by atoms with Crippen LogP contribution in [0, 0.1) is 0 Å². The summed E-state index contributed by atoms with van der Waals surface area (Å²) in [4.78, 5) is 42.4. The molecule has 1 fully saturated rings. The number of nitrogens with one attached hydrogen (secondary N) is 2. The molecule has 9 heteroatoms. The zero-order valence-corrected chi connectivity index (χ0v) is 18.9. The molecule has 0 bridgehead atoms. The molecule has 2 amide bonds. The Labute approximate surface area is 194 Å². The van der Waals surface area contributed by atoms with E-state index in [1.807, 2.05) is 6.07 Å². The van der Waals surface area contributed by atoms with Gasteiger partial charge in [-0.05, 0) is 43.2 Å². The highest BCUT2D eigenvalue weighted by molar-refractivity contribution is 7.99. The molecule has 0 saturated heterocycles. The van der Waals surface area contributed by atoms with Crippen LogP contribution >= 0.6 is 23.4 Å². The van der Waals surface area contributed by atoms with Crippen molar-refractivity contribution in [2.24, 2.45) is 0 Å². The first-order valence-corrected chi connectivity index (χ1v) is 11.9. The van der Waals surface area contributed by atoms with Crippen molar-refractivity contribution < 1.29 is 9.59 Å². The van der Waals surface area contributed by atoms with Crippen molar-refractivity contribution in [1.82, 2.24) is 20.4 Å². The lowest BCUT2D eigenvalue weighted by molar-refractivity contribution is -0.119. The number of benzene rings is 2. The van der Waals surface area contributed by atoms with Gasteiger partial charge in [-0.15, -0.1) is 0 Å². The number of fused-ring (bicyclic) bond motifs is 1. The maximum Gasteiger partial charge on any atom is 0.269 e. The second-order valence-electron chi connectivity index (χ2n) is 7.68. The quantitative estimate of drug-likeness (QED) is 0.332. The summed E-state index contributed by atoms with van der Waals surface area (Å²) in [7, 11) is 0. The summed E-state index contributed by atoms with van der Waals surface area (Å²) >= 11 is 7.28. The third-order valence-electron chi connectivity index (χ3n) is 5.45. The fourth-order valence-electron chi connectivity index (χ4n) is 3.87. The Morgan fingerprint density at radius 2 is 1.81 bits per heavy atom. The number of nitrogens with zero attached hydrogens (tertiary/aromatic N) is 2. The lowest BCUT2D eigenvalue weighted by atomic mass is 9.95. The molecule has 2 aromatic carbocycles. The third kappa shape index (κ3) is 5.14. The number of halogens is 1. The van der Waals surface area contributed by atoms with E-state index in [4.69, 9.17) is 11.6 Å². The zero-order valence-electron chi connectivity index (χ0n) is 17.3. The Morgan fingerprint density at radius 3 is 2.56 bits per heavy atom. The number of amides is 2. The Morgan fingerprint density at radius 1 is 1.06 bits per heavy atom. The smallest absolute Gasteiger partial charge is 0.269 e. The molecule has 7 nitrogen and oxygen atoms in total. The molecule has 0 atom stereocenters. The largest absolute Gasteiger partial charge is 0.284 e. The van der Waals surface area contributed by atoms with Crippen molar-refractivity contribution in [3.63, 3.8) is 0 Å². The number of rotatable bonds is 5. The summed E-state index contributed by atoms with van der Waals surface area (Å²) in [5.41, 5.74) is 5.66. The molecule has 0 unspecified atom stereocenters. The minimum Gasteiger partial charge on any atom is -0.284 e. The van der Waals surface area contributed by atoms with Gasteiger partial charge in [-0.2, -0.15) is 0 Å². The van der Waals surface area contributed by atoms with Crippen LogP contribution in [0.5, 0.6) is 0 Å². The van der Waals surface area contributed by atoms with Gasteiger partial charge in [-0.25, -0.2) is 4.98 Å². The van der Waals surface area contributed by atoms with E-state index in [9.17, 15) is 14.4 Å². The minimum absolute atomic E-state index is 0.000300. The zero-order chi connectivity index (χ0) is 22.5. The number of carbonyl (C=O) groups is 2. The van der Waals surface area contributed by atoms with Crippen molar-refractivity contribution in [3.8, 4) is 0 Å². The molecule has 1 aliphatic rings. The molecule has 1 heterocycles. The van der Waals surface area contributed by atoms with Crippen LogP contribution < -0.4 is 16.4 Å². The van der Waals surface area contributed by atoms with E-state index in [1.54, 1.807) is 47.0 Å². The van der Waals surface area contributed by atoms with Crippen LogP contribution in [0.2, 0.25) is 5.02 Å². The Hall–Kier alpha value is -2.84. The Balaban J connectivity index is 1.51. The normalized spacial score (nSPS) is 14.3. The SMILES string of the molecule is O=C(CSc1nc2cc(Cl)ccc2c(=O)n1C1CCCCC1)NNC(=O)c1ccccc1. The molecular formula is C23H23ClN4O3S. The molecule has 166 valence electrons. The molecule has 0 spiro atoms. The maximum atomic E-state index is 13.3. The number of hydrogen-bond acceptors (Lipinski definition) is 5. The fraction of sp³-hybridized carbons (Fsp3) is 0.304. The van der Waals surface area contributed by atoms with E-state index in [0.29, 0.717) is 26.6 Å². The van der Waals surface area contributed by atoms with Crippen LogP contribution in [0.4, 0.5) is 0 Å².